The second-order valence-electron chi connectivity index (χ2n) is 5.91. The van der Waals surface area contributed by atoms with Gasteiger partial charge in [0.25, 0.3) is 5.95 Å². The summed E-state index contributed by atoms with van der Waals surface area (Å²) in [7, 11) is 0. The average Bonchev–Trinajstić information content (AvgIpc) is 2.94. The van der Waals surface area contributed by atoms with E-state index in [0.717, 1.165) is 39.3 Å². The van der Waals surface area contributed by atoms with Crippen LogP contribution in [0.15, 0.2) is 12.5 Å². The minimum atomic E-state index is -0.399. The molecule has 0 atom stereocenters. The fourth-order valence-electron chi connectivity index (χ4n) is 2.95. The number of hydrogen-bond donors (Lipinski definition) is 1. The molecule has 0 aliphatic carbocycles. The number of piperazine rings is 1. The molecule has 9 heteroatoms. The van der Waals surface area contributed by atoms with Crippen LogP contribution in [-0.2, 0) is 0 Å². The van der Waals surface area contributed by atoms with Crippen molar-refractivity contribution in [3.8, 4) is 5.95 Å². The first kappa shape index (κ1) is 14.5. The Bertz CT molecular complexity index is 690. The molecule has 4 heterocycles. The highest BCUT2D eigenvalue weighted by atomic mass is 19.1. The first-order valence-corrected chi connectivity index (χ1v) is 7.81. The van der Waals surface area contributed by atoms with Crippen LogP contribution in [0.25, 0.3) is 5.95 Å². The number of anilines is 1. The fraction of sp³-hybridized carbons (Fsp3) is 0.571. The van der Waals surface area contributed by atoms with Crippen LogP contribution in [0.4, 0.5) is 10.2 Å². The standard InChI is InChI=1S/C14H19FN8/c1-10-18-9-23(20-10)14-17-8-12(15)13(19-14)22-4-2-21(3-5-22)11-6-16-7-11/h8-9,11,16H,2-7H2,1H3. The van der Waals surface area contributed by atoms with E-state index in [0.29, 0.717) is 23.6 Å². The van der Waals surface area contributed by atoms with Gasteiger partial charge in [-0.3, -0.25) is 4.90 Å². The lowest BCUT2D eigenvalue weighted by Gasteiger charge is -2.43. The molecule has 0 spiro atoms. The predicted molar refractivity (Wildman–Crippen MR) is 82.1 cm³/mol. The predicted octanol–water partition coefficient (Wildman–Crippen LogP) is -0.401. The second kappa shape index (κ2) is 5.82. The lowest BCUT2D eigenvalue weighted by atomic mass is 10.1. The third-order valence-electron chi connectivity index (χ3n) is 4.41. The summed E-state index contributed by atoms with van der Waals surface area (Å²) in [6, 6.07) is 0.626. The molecular formula is C14H19FN8. The lowest BCUT2D eigenvalue weighted by molar-refractivity contribution is 0.137. The van der Waals surface area contributed by atoms with E-state index in [-0.39, 0.29) is 0 Å². The summed E-state index contributed by atoms with van der Waals surface area (Å²) in [4.78, 5) is 16.9. The van der Waals surface area contributed by atoms with Gasteiger partial charge in [0.05, 0.1) is 6.20 Å². The van der Waals surface area contributed by atoms with Crippen LogP contribution in [0.3, 0.4) is 0 Å². The molecule has 1 N–H and O–H groups in total. The zero-order valence-corrected chi connectivity index (χ0v) is 13.0. The van der Waals surface area contributed by atoms with Gasteiger partial charge in [-0.05, 0) is 6.92 Å². The molecule has 2 aromatic rings. The normalized spacial score (nSPS) is 19.8. The van der Waals surface area contributed by atoms with Crippen molar-refractivity contribution >= 4 is 5.82 Å². The van der Waals surface area contributed by atoms with Gasteiger partial charge in [0, 0.05) is 45.3 Å². The monoisotopic (exact) mass is 318 g/mol. The Morgan fingerprint density at radius 1 is 1.17 bits per heavy atom. The Morgan fingerprint density at radius 3 is 2.57 bits per heavy atom. The molecular weight excluding hydrogens is 299 g/mol. The molecule has 8 nitrogen and oxygen atoms in total. The average molecular weight is 318 g/mol. The highest BCUT2D eigenvalue weighted by Gasteiger charge is 2.29. The molecule has 0 radical (unpaired) electrons. The van der Waals surface area contributed by atoms with E-state index in [2.05, 4.69) is 30.3 Å². The van der Waals surface area contributed by atoms with Crippen molar-refractivity contribution in [2.24, 2.45) is 0 Å². The topological polar surface area (TPSA) is 75.0 Å². The van der Waals surface area contributed by atoms with Crippen molar-refractivity contribution in [2.45, 2.75) is 13.0 Å². The smallest absolute Gasteiger partial charge is 0.254 e. The third-order valence-corrected chi connectivity index (χ3v) is 4.41. The number of rotatable bonds is 3. The molecule has 0 aromatic carbocycles. The molecule has 0 amide bonds. The molecule has 122 valence electrons. The Morgan fingerprint density at radius 2 is 1.96 bits per heavy atom. The zero-order valence-electron chi connectivity index (χ0n) is 13.0. The van der Waals surface area contributed by atoms with Crippen molar-refractivity contribution in [1.82, 2.24) is 34.9 Å². The summed E-state index contributed by atoms with van der Waals surface area (Å²) >= 11 is 0. The third kappa shape index (κ3) is 2.77. The van der Waals surface area contributed by atoms with Crippen LogP contribution in [0.5, 0.6) is 0 Å². The van der Waals surface area contributed by atoms with Crippen LogP contribution >= 0.6 is 0 Å². The van der Waals surface area contributed by atoms with Gasteiger partial charge in [-0.1, -0.05) is 0 Å². The number of nitrogens with one attached hydrogen (secondary N) is 1. The van der Waals surface area contributed by atoms with Crippen LogP contribution < -0.4 is 10.2 Å². The number of aryl methyl sites for hydroxylation is 1. The van der Waals surface area contributed by atoms with Gasteiger partial charge in [-0.25, -0.2) is 14.4 Å². The summed E-state index contributed by atoms with van der Waals surface area (Å²) in [5.74, 6) is 0.911. The highest BCUT2D eigenvalue weighted by molar-refractivity contribution is 5.41. The fourth-order valence-corrected chi connectivity index (χ4v) is 2.95. The van der Waals surface area contributed by atoms with Crippen molar-refractivity contribution in [1.29, 1.82) is 0 Å². The van der Waals surface area contributed by atoms with Gasteiger partial charge >= 0.3 is 0 Å². The molecule has 2 aromatic heterocycles. The van der Waals surface area contributed by atoms with Crippen molar-refractivity contribution in [3.05, 3.63) is 24.2 Å². The van der Waals surface area contributed by atoms with E-state index >= 15 is 0 Å². The molecule has 0 saturated carbocycles. The highest BCUT2D eigenvalue weighted by Crippen LogP contribution is 2.20. The van der Waals surface area contributed by atoms with Gasteiger partial charge in [0.1, 0.15) is 12.2 Å². The zero-order chi connectivity index (χ0) is 15.8. The Hall–Kier alpha value is -2.13. The van der Waals surface area contributed by atoms with Crippen LogP contribution in [0.2, 0.25) is 0 Å². The Kier molecular flexibility index (Phi) is 3.66. The van der Waals surface area contributed by atoms with E-state index < -0.39 is 5.82 Å². The summed E-state index contributed by atoms with van der Waals surface area (Å²) < 4.78 is 15.6. The maximum Gasteiger partial charge on any atom is 0.254 e. The maximum atomic E-state index is 14.2. The molecule has 23 heavy (non-hydrogen) atoms. The molecule has 2 fully saturated rings. The van der Waals surface area contributed by atoms with Crippen LogP contribution in [-0.4, -0.2) is 74.9 Å². The van der Waals surface area contributed by atoms with Gasteiger partial charge < -0.3 is 10.2 Å². The van der Waals surface area contributed by atoms with Crippen LogP contribution in [0.1, 0.15) is 5.82 Å². The van der Waals surface area contributed by atoms with Gasteiger partial charge in [0.15, 0.2) is 11.6 Å². The number of aromatic nitrogens is 5. The summed E-state index contributed by atoms with van der Waals surface area (Å²) in [5, 5.41) is 7.46. The minimum absolute atomic E-state index is 0.340. The van der Waals surface area contributed by atoms with E-state index in [4.69, 9.17) is 0 Å². The molecule has 4 rings (SSSR count). The van der Waals surface area contributed by atoms with Gasteiger partial charge in [-0.2, -0.15) is 9.67 Å². The van der Waals surface area contributed by atoms with Gasteiger partial charge in [0.2, 0.25) is 0 Å². The Labute approximate surface area is 133 Å². The minimum Gasteiger partial charge on any atom is -0.351 e. The van der Waals surface area contributed by atoms with E-state index in [1.165, 1.54) is 17.2 Å². The van der Waals surface area contributed by atoms with Crippen molar-refractivity contribution < 1.29 is 4.39 Å². The van der Waals surface area contributed by atoms with Gasteiger partial charge in [-0.15, -0.1) is 5.10 Å². The summed E-state index contributed by atoms with van der Waals surface area (Å²) in [6.07, 6.45) is 2.74. The summed E-state index contributed by atoms with van der Waals surface area (Å²) in [6.45, 7) is 7.27. The van der Waals surface area contributed by atoms with Crippen LogP contribution in [0, 0.1) is 12.7 Å². The largest absolute Gasteiger partial charge is 0.351 e. The van der Waals surface area contributed by atoms with Crippen molar-refractivity contribution in [3.63, 3.8) is 0 Å². The first-order chi connectivity index (χ1) is 11.2. The van der Waals surface area contributed by atoms with Crippen molar-refractivity contribution in [2.75, 3.05) is 44.2 Å². The molecule has 2 aliphatic heterocycles. The molecule has 2 saturated heterocycles. The second-order valence-corrected chi connectivity index (χ2v) is 5.91. The van der Waals surface area contributed by atoms with E-state index in [1.807, 2.05) is 4.90 Å². The lowest BCUT2D eigenvalue weighted by Crippen LogP contribution is -2.61. The number of hydrogen-bond acceptors (Lipinski definition) is 7. The van der Waals surface area contributed by atoms with E-state index in [1.54, 1.807) is 6.92 Å². The molecule has 2 aliphatic rings. The summed E-state index contributed by atoms with van der Waals surface area (Å²) in [5.41, 5.74) is 0. The quantitative estimate of drug-likeness (QED) is 0.825. The molecule has 0 bridgehead atoms. The number of halogens is 1. The first-order valence-electron chi connectivity index (χ1n) is 7.81. The SMILES string of the molecule is Cc1ncn(-c2ncc(F)c(N3CCN(C4CNC4)CC3)n2)n1. The number of nitrogens with zero attached hydrogens (tertiary/aromatic N) is 7. The molecule has 0 unspecified atom stereocenters. The van der Waals surface area contributed by atoms with E-state index in [9.17, 15) is 4.39 Å². The Balaban J connectivity index is 1.52. The maximum absolute atomic E-state index is 14.2.